The van der Waals surface area contributed by atoms with Crippen molar-refractivity contribution in [3.63, 3.8) is 0 Å². The van der Waals surface area contributed by atoms with E-state index in [1.54, 1.807) is 18.5 Å². The minimum absolute atomic E-state index is 0.127. The van der Waals surface area contributed by atoms with E-state index in [1.165, 1.54) is 0 Å². The van der Waals surface area contributed by atoms with Gasteiger partial charge in [-0.3, -0.25) is 9.59 Å². The Hall–Kier alpha value is -3.42. The fourth-order valence-electron chi connectivity index (χ4n) is 4.49. The normalized spacial score (nSPS) is 17.4. The highest BCUT2D eigenvalue weighted by molar-refractivity contribution is 6.00. The summed E-state index contributed by atoms with van der Waals surface area (Å²) in [7, 11) is 3.88. The molecule has 8 heteroatoms. The molecule has 2 aliphatic carbocycles. The van der Waals surface area contributed by atoms with Crippen LogP contribution in [0.25, 0.3) is 0 Å². The smallest absolute Gasteiger partial charge is 0.251 e. The lowest BCUT2D eigenvalue weighted by Crippen LogP contribution is -2.33. The van der Waals surface area contributed by atoms with Crippen LogP contribution in [0.3, 0.4) is 0 Å². The van der Waals surface area contributed by atoms with Crippen LogP contribution < -0.4 is 10.6 Å². The van der Waals surface area contributed by atoms with Gasteiger partial charge in [0.15, 0.2) is 0 Å². The predicted octanol–water partition coefficient (Wildman–Crippen LogP) is 3.22. The Morgan fingerprint density at radius 1 is 0.818 bits per heavy atom. The van der Waals surface area contributed by atoms with E-state index in [-0.39, 0.29) is 23.9 Å². The van der Waals surface area contributed by atoms with Gasteiger partial charge in [0.25, 0.3) is 11.8 Å². The standard InChI is InChI=1S/C25H30N6O2/c1-15-12-18(24(32)28-20(16-4-5-16)22-26-8-10-30(22)2)14-19(13-15)25(33)29-21(17-6-7-17)23-27-9-11-31(23)3/h8-14,16-17,20-21H,4-7H2,1-3H3,(H,28,32)(H,29,33). The zero-order valence-corrected chi connectivity index (χ0v) is 19.3. The van der Waals surface area contributed by atoms with Crippen LogP contribution in [0.2, 0.25) is 0 Å². The summed E-state index contributed by atoms with van der Waals surface area (Å²) in [6.45, 7) is 1.90. The Morgan fingerprint density at radius 2 is 1.24 bits per heavy atom. The van der Waals surface area contributed by atoms with Crippen molar-refractivity contribution in [2.75, 3.05) is 0 Å². The Morgan fingerprint density at radius 3 is 1.58 bits per heavy atom. The summed E-state index contributed by atoms with van der Waals surface area (Å²) < 4.78 is 3.90. The number of benzene rings is 1. The first-order valence-corrected chi connectivity index (χ1v) is 11.6. The van der Waals surface area contributed by atoms with Gasteiger partial charge in [0.1, 0.15) is 11.6 Å². The van der Waals surface area contributed by atoms with Gasteiger partial charge in [-0.1, -0.05) is 0 Å². The largest absolute Gasteiger partial charge is 0.342 e. The van der Waals surface area contributed by atoms with E-state index in [4.69, 9.17) is 0 Å². The van der Waals surface area contributed by atoms with E-state index >= 15 is 0 Å². The lowest BCUT2D eigenvalue weighted by Gasteiger charge is -2.20. The highest BCUT2D eigenvalue weighted by Gasteiger charge is 2.37. The molecule has 2 unspecified atom stereocenters. The van der Waals surface area contributed by atoms with Crippen LogP contribution in [-0.2, 0) is 14.1 Å². The van der Waals surface area contributed by atoms with Crippen LogP contribution in [0, 0.1) is 18.8 Å². The van der Waals surface area contributed by atoms with Gasteiger partial charge in [-0.15, -0.1) is 0 Å². The van der Waals surface area contributed by atoms with Gasteiger partial charge in [-0.2, -0.15) is 0 Å². The highest BCUT2D eigenvalue weighted by Crippen LogP contribution is 2.41. The number of hydrogen-bond donors (Lipinski definition) is 2. The molecule has 2 aliphatic rings. The first kappa shape index (κ1) is 21.4. The zero-order chi connectivity index (χ0) is 23.1. The van der Waals surface area contributed by atoms with Crippen molar-refractivity contribution < 1.29 is 9.59 Å². The minimum atomic E-state index is -0.185. The summed E-state index contributed by atoms with van der Waals surface area (Å²) in [6.07, 6.45) is 11.6. The molecule has 1 aromatic carbocycles. The summed E-state index contributed by atoms with van der Waals surface area (Å²) in [4.78, 5) is 35.3. The second kappa shape index (κ2) is 8.50. The Bertz CT molecular complexity index is 1100. The number of nitrogens with one attached hydrogen (secondary N) is 2. The van der Waals surface area contributed by atoms with E-state index in [2.05, 4.69) is 20.6 Å². The number of rotatable bonds is 8. The molecule has 5 rings (SSSR count). The molecule has 2 amide bonds. The van der Waals surface area contributed by atoms with Crippen LogP contribution in [0.1, 0.15) is 75.7 Å². The minimum Gasteiger partial charge on any atom is -0.342 e. The Kier molecular flexibility index (Phi) is 5.52. The molecule has 2 N–H and O–H groups in total. The molecule has 2 saturated carbocycles. The quantitative estimate of drug-likeness (QED) is 0.556. The van der Waals surface area contributed by atoms with E-state index < -0.39 is 0 Å². The molecule has 0 spiro atoms. The molecule has 2 heterocycles. The molecule has 0 bridgehead atoms. The topological polar surface area (TPSA) is 93.8 Å². The molecule has 2 atom stereocenters. The van der Waals surface area contributed by atoms with Crippen molar-refractivity contribution in [2.45, 2.75) is 44.7 Å². The summed E-state index contributed by atoms with van der Waals surface area (Å²) in [5.41, 5.74) is 1.84. The molecule has 0 radical (unpaired) electrons. The third-order valence-corrected chi connectivity index (χ3v) is 6.63. The van der Waals surface area contributed by atoms with Gasteiger partial charge < -0.3 is 19.8 Å². The maximum Gasteiger partial charge on any atom is 0.251 e. The zero-order valence-electron chi connectivity index (χ0n) is 19.3. The monoisotopic (exact) mass is 446 g/mol. The van der Waals surface area contributed by atoms with Crippen molar-refractivity contribution in [3.8, 4) is 0 Å². The van der Waals surface area contributed by atoms with Crippen LogP contribution in [0.5, 0.6) is 0 Å². The highest BCUT2D eigenvalue weighted by atomic mass is 16.2. The van der Waals surface area contributed by atoms with Crippen molar-refractivity contribution in [1.82, 2.24) is 29.7 Å². The van der Waals surface area contributed by atoms with Crippen molar-refractivity contribution in [2.24, 2.45) is 25.9 Å². The van der Waals surface area contributed by atoms with Gasteiger partial charge in [0, 0.05) is 50.0 Å². The molecule has 2 fully saturated rings. The lowest BCUT2D eigenvalue weighted by molar-refractivity contribution is 0.0928. The van der Waals surface area contributed by atoms with Crippen LogP contribution >= 0.6 is 0 Å². The first-order chi connectivity index (χ1) is 15.9. The van der Waals surface area contributed by atoms with Crippen molar-refractivity contribution in [3.05, 3.63) is 71.3 Å². The third-order valence-electron chi connectivity index (χ3n) is 6.63. The van der Waals surface area contributed by atoms with Gasteiger partial charge in [-0.25, -0.2) is 9.97 Å². The van der Waals surface area contributed by atoms with E-state index in [9.17, 15) is 9.59 Å². The molecule has 3 aromatic rings. The number of aromatic nitrogens is 4. The number of carbonyl (C=O) groups is 2. The molecule has 8 nitrogen and oxygen atoms in total. The number of imidazole rings is 2. The average molecular weight is 447 g/mol. The second-order valence-electron chi connectivity index (χ2n) is 9.46. The van der Waals surface area contributed by atoms with Gasteiger partial charge in [-0.05, 0) is 68.2 Å². The Labute approximate surface area is 193 Å². The number of nitrogens with zero attached hydrogens (tertiary/aromatic N) is 4. The van der Waals surface area contributed by atoms with Crippen molar-refractivity contribution >= 4 is 11.8 Å². The van der Waals surface area contributed by atoms with Gasteiger partial charge in [0.2, 0.25) is 0 Å². The molecule has 0 aliphatic heterocycles. The van der Waals surface area contributed by atoms with Crippen LogP contribution in [0.15, 0.2) is 43.0 Å². The lowest BCUT2D eigenvalue weighted by atomic mass is 10.0. The van der Waals surface area contributed by atoms with E-state index in [0.29, 0.717) is 23.0 Å². The average Bonchev–Trinajstić information content (AvgIpc) is 3.71. The third kappa shape index (κ3) is 4.55. The maximum atomic E-state index is 13.2. The maximum absolute atomic E-state index is 13.2. The van der Waals surface area contributed by atoms with Crippen LogP contribution in [-0.4, -0.2) is 30.9 Å². The van der Waals surface area contributed by atoms with Gasteiger partial charge >= 0.3 is 0 Å². The number of hydrogen-bond acceptors (Lipinski definition) is 4. The SMILES string of the molecule is Cc1cc(C(=O)NC(c2nccn2C)C2CC2)cc(C(=O)NC(c2nccn2C)C2CC2)c1. The van der Waals surface area contributed by atoms with Crippen molar-refractivity contribution in [1.29, 1.82) is 0 Å². The number of aryl methyl sites for hydroxylation is 3. The molecule has 33 heavy (non-hydrogen) atoms. The van der Waals surface area contributed by atoms with E-state index in [0.717, 1.165) is 42.9 Å². The Balaban J connectivity index is 1.35. The number of carbonyl (C=O) groups excluding carboxylic acids is 2. The second-order valence-corrected chi connectivity index (χ2v) is 9.46. The van der Waals surface area contributed by atoms with Gasteiger partial charge in [0.05, 0.1) is 12.1 Å². The fraction of sp³-hybridized carbons (Fsp3) is 0.440. The van der Waals surface area contributed by atoms with E-state index in [1.807, 2.05) is 54.7 Å². The molecule has 172 valence electrons. The summed E-state index contributed by atoms with van der Waals surface area (Å²) in [6, 6.07) is 5.08. The summed E-state index contributed by atoms with van der Waals surface area (Å²) in [5, 5.41) is 6.33. The molecule has 0 saturated heterocycles. The summed E-state index contributed by atoms with van der Waals surface area (Å²) >= 11 is 0. The predicted molar refractivity (Wildman–Crippen MR) is 123 cm³/mol. The number of amides is 2. The fourth-order valence-corrected chi connectivity index (χ4v) is 4.49. The summed E-state index contributed by atoms with van der Waals surface area (Å²) in [5.74, 6) is 2.16. The molecular formula is C25H30N6O2. The first-order valence-electron chi connectivity index (χ1n) is 11.6. The molecule has 2 aromatic heterocycles. The van der Waals surface area contributed by atoms with Crippen LogP contribution in [0.4, 0.5) is 0 Å². The molecular weight excluding hydrogens is 416 g/mol.